The molecule has 0 unspecified atom stereocenters. The quantitative estimate of drug-likeness (QED) is 0.565. The molecule has 0 aromatic heterocycles. The summed E-state index contributed by atoms with van der Waals surface area (Å²) in [6.45, 7) is 9.76. The first-order chi connectivity index (χ1) is 5.04. The zero-order valence-electron chi connectivity index (χ0n) is 6.86. The molecule has 1 heteroatoms. The van der Waals surface area contributed by atoms with Gasteiger partial charge in [0.2, 0.25) is 0 Å². The van der Waals surface area contributed by atoms with E-state index in [2.05, 4.69) is 20.1 Å². The van der Waals surface area contributed by atoms with Crippen molar-refractivity contribution < 1.29 is 0 Å². The lowest BCUT2D eigenvalue weighted by atomic mass is 10.00. The molecular weight excluding hydrogens is 156 g/mol. The van der Waals surface area contributed by atoms with Gasteiger partial charge in [0.05, 0.1) is 0 Å². The molecule has 0 radical (unpaired) electrons. The minimum atomic E-state index is 0.364. The van der Waals surface area contributed by atoms with Crippen LogP contribution in [0.25, 0.3) is 0 Å². The fourth-order valence-electron chi connectivity index (χ4n) is 0.901. The van der Waals surface area contributed by atoms with E-state index in [1.807, 2.05) is 6.08 Å². The highest BCUT2D eigenvalue weighted by Crippen LogP contribution is 2.51. The van der Waals surface area contributed by atoms with Crippen molar-refractivity contribution in [3.05, 3.63) is 35.9 Å². The van der Waals surface area contributed by atoms with Crippen LogP contribution in [0.5, 0.6) is 0 Å². The molecule has 0 aliphatic heterocycles. The Morgan fingerprint density at radius 2 is 1.91 bits per heavy atom. The van der Waals surface area contributed by atoms with E-state index in [-0.39, 0.29) is 0 Å². The summed E-state index contributed by atoms with van der Waals surface area (Å²) in [4.78, 5) is 0. The van der Waals surface area contributed by atoms with Crippen molar-refractivity contribution in [2.45, 2.75) is 19.8 Å². The van der Waals surface area contributed by atoms with E-state index in [0.717, 1.165) is 0 Å². The fraction of sp³-hybridized carbons (Fsp3) is 0.400. The highest BCUT2D eigenvalue weighted by molar-refractivity contribution is 6.30. The third kappa shape index (κ3) is 2.23. The minimum Gasteiger partial charge on any atom is -0.0953 e. The predicted octanol–water partition coefficient (Wildman–Crippen LogP) is 3.65. The van der Waals surface area contributed by atoms with Crippen LogP contribution in [0.1, 0.15) is 19.8 Å². The largest absolute Gasteiger partial charge is 0.0953 e. The topological polar surface area (TPSA) is 0 Å². The lowest BCUT2D eigenvalue weighted by Crippen LogP contribution is -1.93. The normalized spacial score (nSPS) is 20.2. The lowest BCUT2D eigenvalue weighted by Gasteiger charge is -2.06. The Bertz CT molecular complexity index is 219. The fourth-order valence-corrected chi connectivity index (χ4v) is 0.964. The zero-order valence-corrected chi connectivity index (χ0v) is 7.62. The maximum Gasteiger partial charge on any atom is 0.0334 e. The molecule has 0 atom stereocenters. The van der Waals surface area contributed by atoms with E-state index in [1.165, 1.54) is 18.4 Å². The Hall–Kier alpha value is -0.490. The van der Waals surface area contributed by atoms with Crippen LogP contribution in [-0.2, 0) is 0 Å². The average Bonchev–Trinajstić information content (AvgIpc) is 2.64. The summed E-state index contributed by atoms with van der Waals surface area (Å²) < 4.78 is 0. The minimum absolute atomic E-state index is 0.364. The summed E-state index contributed by atoms with van der Waals surface area (Å²) in [5, 5.41) is 0.565. The summed E-state index contributed by atoms with van der Waals surface area (Å²) in [5.41, 5.74) is 1.53. The molecule has 60 valence electrons. The first kappa shape index (κ1) is 8.61. The summed E-state index contributed by atoms with van der Waals surface area (Å²) in [6.07, 6.45) is 6.27. The van der Waals surface area contributed by atoms with E-state index >= 15 is 0 Å². The van der Waals surface area contributed by atoms with Gasteiger partial charge >= 0.3 is 0 Å². The van der Waals surface area contributed by atoms with Gasteiger partial charge in [0.1, 0.15) is 0 Å². The molecule has 11 heavy (non-hydrogen) atoms. The van der Waals surface area contributed by atoms with Gasteiger partial charge in [0, 0.05) is 5.03 Å². The molecule has 0 nitrogen and oxygen atoms in total. The van der Waals surface area contributed by atoms with Crippen LogP contribution in [0.15, 0.2) is 35.9 Å². The molecule has 0 heterocycles. The molecule has 0 spiro atoms. The molecule has 0 aromatic rings. The Labute approximate surface area is 73.3 Å². The maximum atomic E-state index is 5.57. The average molecular weight is 169 g/mol. The van der Waals surface area contributed by atoms with E-state index in [9.17, 15) is 0 Å². The molecule has 0 saturated heterocycles. The number of hydrogen-bond acceptors (Lipinski definition) is 0. The molecule has 0 bridgehead atoms. The van der Waals surface area contributed by atoms with Crippen molar-refractivity contribution >= 4 is 11.6 Å². The van der Waals surface area contributed by atoms with Crippen LogP contribution >= 0.6 is 11.6 Å². The van der Waals surface area contributed by atoms with Crippen LogP contribution in [0.4, 0.5) is 0 Å². The van der Waals surface area contributed by atoms with Gasteiger partial charge in [-0.25, -0.2) is 0 Å². The standard InChI is InChI=1S/C10H13Cl/c1-8(4-5-9(2)11)10(3)6-7-10/h4-5H,1-2,6-7H2,3H3/b5-4-. The van der Waals surface area contributed by atoms with Crippen LogP contribution in [0.2, 0.25) is 0 Å². The van der Waals surface area contributed by atoms with E-state index in [0.29, 0.717) is 10.4 Å². The molecule has 0 N–H and O–H groups in total. The Morgan fingerprint density at radius 1 is 1.36 bits per heavy atom. The highest BCUT2D eigenvalue weighted by Gasteiger charge is 2.38. The first-order valence-electron chi connectivity index (χ1n) is 3.76. The van der Waals surface area contributed by atoms with Crippen LogP contribution in [-0.4, -0.2) is 0 Å². The summed E-state index contributed by atoms with van der Waals surface area (Å²) in [6, 6.07) is 0. The van der Waals surface area contributed by atoms with Crippen molar-refractivity contribution in [1.82, 2.24) is 0 Å². The molecule has 1 aliphatic carbocycles. The molecule has 0 aromatic carbocycles. The highest BCUT2D eigenvalue weighted by atomic mass is 35.5. The Balaban J connectivity index is 2.50. The second-order valence-corrected chi connectivity index (χ2v) is 3.85. The van der Waals surface area contributed by atoms with Gasteiger partial charge in [-0.1, -0.05) is 37.8 Å². The first-order valence-corrected chi connectivity index (χ1v) is 4.14. The van der Waals surface area contributed by atoms with Crippen molar-refractivity contribution in [2.75, 3.05) is 0 Å². The Kier molecular flexibility index (Phi) is 2.24. The lowest BCUT2D eigenvalue weighted by molar-refractivity contribution is 0.712. The van der Waals surface area contributed by atoms with Crippen molar-refractivity contribution in [2.24, 2.45) is 5.41 Å². The number of rotatable bonds is 3. The number of hydrogen-bond donors (Lipinski definition) is 0. The van der Waals surface area contributed by atoms with Crippen LogP contribution in [0.3, 0.4) is 0 Å². The second-order valence-electron chi connectivity index (χ2n) is 3.37. The monoisotopic (exact) mass is 168 g/mol. The van der Waals surface area contributed by atoms with Crippen LogP contribution < -0.4 is 0 Å². The van der Waals surface area contributed by atoms with Crippen molar-refractivity contribution in [1.29, 1.82) is 0 Å². The second kappa shape index (κ2) is 2.86. The van der Waals surface area contributed by atoms with E-state index in [1.54, 1.807) is 6.08 Å². The summed E-state index contributed by atoms with van der Waals surface area (Å²) in [5.74, 6) is 0. The van der Waals surface area contributed by atoms with Gasteiger partial charge in [-0.05, 0) is 29.9 Å². The van der Waals surface area contributed by atoms with Crippen molar-refractivity contribution in [3.8, 4) is 0 Å². The molecule has 1 fully saturated rings. The molecule has 0 amide bonds. The van der Waals surface area contributed by atoms with Gasteiger partial charge in [0.15, 0.2) is 0 Å². The predicted molar refractivity (Wildman–Crippen MR) is 50.6 cm³/mol. The van der Waals surface area contributed by atoms with Gasteiger partial charge in [0.25, 0.3) is 0 Å². The zero-order chi connectivity index (χ0) is 8.48. The smallest absolute Gasteiger partial charge is 0.0334 e. The van der Waals surface area contributed by atoms with Crippen LogP contribution in [0, 0.1) is 5.41 Å². The number of halogens is 1. The molecule has 1 rings (SSSR count). The van der Waals surface area contributed by atoms with Gasteiger partial charge in [-0.15, -0.1) is 0 Å². The maximum absolute atomic E-state index is 5.57. The van der Waals surface area contributed by atoms with E-state index in [4.69, 9.17) is 11.6 Å². The van der Waals surface area contributed by atoms with Gasteiger partial charge in [-0.2, -0.15) is 0 Å². The summed E-state index contributed by atoms with van der Waals surface area (Å²) in [7, 11) is 0. The molecule has 1 aliphatic rings. The third-order valence-electron chi connectivity index (χ3n) is 2.24. The van der Waals surface area contributed by atoms with Crippen molar-refractivity contribution in [3.63, 3.8) is 0 Å². The van der Waals surface area contributed by atoms with Gasteiger partial charge < -0.3 is 0 Å². The SMILES string of the molecule is C=C(Cl)/C=C\C(=C)C1(C)CC1. The van der Waals surface area contributed by atoms with Gasteiger partial charge in [-0.3, -0.25) is 0 Å². The third-order valence-corrected chi connectivity index (χ3v) is 2.37. The summed E-state index contributed by atoms with van der Waals surface area (Å²) >= 11 is 5.57. The molecular formula is C10H13Cl. The Morgan fingerprint density at radius 3 is 2.27 bits per heavy atom. The molecule has 1 saturated carbocycles. The van der Waals surface area contributed by atoms with E-state index < -0.39 is 0 Å². The number of allylic oxidation sites excluding steroid dienone is 4.